The SMILES string of the molecule is COc1cc(Cl)c2[nH]c(C(=N)c3c(N)ncnc3NC3CCOCC3)cc2c1. The normalized spacial score (nSPS) is 14.9. The fourth-order valence-corrected chi connectivity index (χ4v) is 3.62. The van der Waals surface area contributed by atoms with Crippen LogP contribution in [-0.4, -0.2) is 47.0 Å². The van der Waals surface area contributed by atoms with Gasteiger partial charge in [0.2, 0.25) is 0 Å². The van der Waals surface area contributed by atoms with Crippen molar-refractivity contribution in [1.82, 2.24) is 15.0 Å². The van der Waals surface area contributed by atoms with Crippen molar-refractivity contribution < 1.29 is 9.47 Å². The van der Waals surface area contributed by atoms with E-state index >= 15 is 0 Å². The average Bonchev–Trinajstić information content (AvgIpc) is 3.13. The zero-order valence-electron chi connectivity index (χ0n) is 15.4. The minimum absolute atomic E-state index is 0.193. The number of anilines is 2. The summed E-state index contributed by atoms with van der Waals surface area (Å²) in [6.45, 7) is 1.40. The lowest BCUT2D eigenvalue weighted by atomic mass is 10.1. The molecule has 146 valence electrons. The molecule has 1 aromatic carbocycles. The second kappa shape index (κ2) is 7.65. The first kappa shape index (κ1) is 18.5. The van der Waals surface area contributed by atoms with E-state index in [1.165, 1.54) is 6.33 Å². The summed E-state index contributed by atoms with van der Waals surface area (Å²) in [7, 11) is 1.59. The second-order valence-corrected chi connectivity index (χ2v) is 7.05. The van der Waals surface area contributed by atoms with Crippen molar-refractivity contribution in [2.45, 2.75) is 18.9 Å². The third-order valence-electron chi connectivity index (χ3n) is 4.85. The molecule has 3 heterocycles. The molecule has 1 fully saturated rings. The van der Waals surface area contributed by atoms with Crippen LogP contribution < -0.4 is 15.8 Å². The molecule has 0 bridgehead atoms. The van der Waals surface area contributed by atoms with Crippen molar-refractivity contribution in [3.63, 3.8) is 0 Å². The van der Waals surface area contributed by atoms with Gasteiger partial charge in [0.1, 0.15) is 23.7 Å². The third kappa shape index (κ3) is 3.48. The van der Waals surface area contributed by atoms with Crippen LogP contribution in [0.1, 0.15) is 24.1 Å². The molecule has 28 heavy (non-hydrogen) atoms. The number of nitrogen functional groups attached to an aromatic ring is 1. The number of nitrogens with zero attached hydrogens (tertiary/aromatic N) is 2. The standard InChI is InChI=1S/C19H21ClN6O2/c1-27-12-6-10-7-14(26-17(10)13(20)8-12)16(21)15-18(22)23-9-24-19(15)25-11-2-4-28-5-3-11/h6-9,11,21,26H,2-5H2,1H3,(H3,22,23,24,25). The first-order valence-electron chi connectivity index (χ1n) is 8.97. The molecule has 1 aliphatic heterocycles. The number of fused-ring (bicyclic) bond motifs is 1. The number of methoxy groups -OCH3 is 1. The van der Waals surface area contributed by atoms with Gasteiger partial charge in [0.25, 0.3) is 0 Å². The van der Waals surface area contributed by atoms with Crippen LogP contribution in [0.25, 0.3) is 10.9 Å². The van der Waals surface area contributed by atoms with Gasteiger partial charge in [-0.25, -0.2) is 9.97 Å². The topological polar surface area (TPSA) is 122 Å². The summed E-state index contributed by atoms with van der Waals surface area (Å²) in [5.74, 6) is 1.45. The Morgan fingerprint density at radius 3 is 2.86 bits per heavy atom. The van der Waals surface area contributed by atoms with Crippen molar-refractivity contribution in [2.24, 2.45) is 0 Å². The number of nitrogens with two attached hydrogens (primary N) is 1. The number of benzene rings is 1. The highest BCUT2D eigenvalue weighted by atomic mass is 35.5. The van der Waals surface area contributed by atoms with E-state index in [0.29, 0.717) is 41.1 Å². The van der Waals surface area contributed by atoms with E-state index in [-0.39, 0.29) is 17.6 Å². The number of H-pyrrole nitrogens is 1. The molecular formula is C19H21ClN6O2. The smallest absolute Gasteiger partial charge is 0.141 e. The summed E-state index contributed by atoms with van der Waals surface area (Å²) in [6.07, 6.45) is 3.15. The van der Waals surface area contributed by atoms with E-state index in [1.54, 1.807) is 13.2 Å². The highest BCUT2D eigenvalue weighted by molar-refractivity contribution is 6.35. The predicted octanol–water partition coefficient (Wildman–Crippen LogP) is 3.21. The van der Waals surface area contributed by atoms with E-state index in [4.69, 9.17) is 32.2 Å². The van der Waals surface area contributed by atoms with Crippen LogP contribution in [0.5, 0.6) is 5.75 Å². The average molecular weight is 401 g/mol. The van der Waals surface area contributed by atoms with Gasteiger partial charge >= 0.3 is 0 Å². The molecule has 0 radical (unpaired) electrons. The molecule has 1 saturated heterocycles. The lowest BCUT2D eigenvalue weighted by Crippen LogP contribution is -2.29. The Hall–Kier alpha value is -2.84. The Labute approximate surface area is 166 Å². The number of aromatic nitrogens is 3. The molecule has 0 unspecified atom stereocenters. The van der Waals surface area contributed by atoms with Crippen molar-refractivity contribution in [3.8, 4) is 5.75 Å². The van der Waals surface area contributed by atoms with Gasteiger partial charge < -0.3 is 25.5 Å². The van der Waals surface area contributed by atoms with Crippen LogP contribution in [0.3, 0.4) is 0 Å². The number of rotatable bonds is 5. The molecular weight excluding hydrogens is 380 g/mol. The molecule has 8 nitrogen and oxygen atoms in total. The molecule has 0 atom stereocenters. The Balaban J connectivity index is 1.71. The summed E-state index contributed by atoms with van der Waals surface area (Å²) in [6, 6.07) is 5.65. The Kier molecular flexibility index (Phi) is 5.06. The number of aromatic amines is 1. The first-order valence-corrected chi connectivity index (χ1v) is 9.35. The molecule has 2 aromatic heterocycles. The van der Waals surface area contributed by atoms with Crippen molar-refractivity contribution in [1.29, 1.82) is 5.41 Å². The number of halogens is 1. The number of nitrogens with one attached hydrogen (secondary N) is 3. The maximum Gasteiger partial charge on any atom is 0.141 e. The molecule has 1 aliphatic rings. The Morgan fingerprint density at radius 2 is 2.11 bits per heavy atom. The Bertz CT molecular complexity index is 1030. The van der Waals surface area contributed by atoms with E-state index in [1.807, 2.05) is 12.1 Å². The lowest BCUT2D eigenvalue weighted by molar-refractivity contribution is 0.0904. The summed E-state index contributed by atoms with van der Waals surface area (Å²) >= 11 is 6.34. The maximum atomic E-state index is 8.74. The molecule has 0 spiro atoms. The molecule has 4 rings (SSSR count). The second-order valence-electron chi connectivity index (χ2n) is 6.64. The number of hydrogen-bond donors (Lipinski definition) is 4. The minimum Gasteiger partial charge on any atom is -0.497 e. The third-order valence-corrected chi connectivity index (χ3v) is 5.15. The Morgan fingerprint density at radius 1 is 1.32 bits per heavy atom. The van der Waals surface area contributed by atoms with Crippen LogP contribution >= 0.6 is 11.6 Å². The predicted molar refractivity (Wildman–Crippen MR) is 110 cm³/mol. The summed E-state index contributed by atoms with van der Waals surface area (Å²) in [5.41, 5.74) is 8.08. The van der Waals surface area contributed by atoms with Crippen molar-refractivity contribution in [2.75, 3.05) is 31.4 Å². The van der Waals surface area contributed by atoms with E-state index in [0.717, 1.165) is 23.7 Å². The fourth-order valence-electron chi connectivity index (χ4n) is 3.35. The van der Waals surface area contributed by atoms with Crippen LogP contribution in [0.15, 0.2) is 24.5 Å². The number of ether oxygens (including phenoxy) is 2. The van der Waals surface area contributed by atoms with Gasteiger partial charge in [-0.3, -0.25) is 5.41 Å². The van der Waals surface area contributed by atoms with Gasteiger partial charge in [0.05, 0.1) is 34.6 Å². The summed E-state index contributed by atoms with van der Waals surface area (Å²) in [4.78, 5) is 11.6. The minimum atomic E-state index is 0.193. The van der Waals surface area contributed by atoms with E-state index in [2.05, 4.69) is 20.3 Å². The molecule has 0 amide bonds. The summed E-state index contributed by atoms with van der Waals surface area (Å²) < 4.78 is 10.7. The maximum absolute atomic E-state index is 8.74. The number of hydrogen-bond acceptors (Lipinski definition) is 7. The molecule has 9 heteroatoms. The zero-order chi connectivity index (χ0) is 19.7. The molecule has 3 aromatic rings. The molecule has 5 N–H and O–H groups in total. The van der Waals surface area contributed by atoms with Gasteiger partial charge in [0, 0.05) is 30.7 Å². The van der Waals surface area contributed by atoms with Gasteiger partial charge in [0.15, 0.2) is 0 Å². The summed E-state index contributed by atoms with van der Waals surface area (Å²) in [5, 5.41) is 13.5. The van der Waals surface area contributed by atoms with Gasteiger partial charge in [-0.15, -0.1) is 0 Å². The van der Waals surface area contributed by atoms with Crippen molar-refractivity contribution >= 4 is 39.9 Å². The lowest BCUT2D eigenvalue weighted by Gasteiger charge is -2.24. The van der Waals surface area contributed by atoms with Gasteiger partial charge in [-0.2, -0.15) is 0 Å². The van der Waals surface area contributed by atoms with Crippen molar-refractivity contribution in [3.05, 3.63) is 40.8 Å². The fraction of sp³-hybridized carbons (Fsp3) is 0.316. The van der Waals surface area contributed by atoms with Crippen LogP contribution in [-0.2, 0) is 4.74 Å². The monoisotopic (exact) mass is 400 g/mol. The van der Waals surface area contributed by atoms with Crippen LogP contribution in [0.4, 0.5) is 11.6 Å². The molecule has 0 aliphatic carbocycles. The van der Waals surface area contributed by atoms with E-state index < -0.39 is 0 Å². The van der Waals surface area contributed by atoms with E-state index in [9.17, 15) is 0 Å². The largest absolute Gasteiger partial charge is 0.497 e. The van der Waals surface area contributed by atoms with Gasteiger partial charge in [-0.05, 0) is 25.0 Å². The molecule has 0 saturated carbocycles. The highest BCUT2D eigenvalue weighted by Crippen LogP contribution is 2.31. The first-order chi connectivity index (χ1) is 13.6. The quantitative estimate of drug-likeness (QED) is 0.488. The van der Waals surface area contributed by atoms with Crippen LogP contribution in [0.2, 0.25) is 5.02 Å². The zero-order valence-corrected chi connectivity index (χ0v) is 16.1. The van der Waals surface area contributed by atoms with Crippen LogP contribution in [0, 0.1) is 5.41 Å². The highest BCUT2D eigenvalue weighted by Gasteiger charge is 2.22. The van der Waals surface area contributed by atoms with Gasteiger partial charge in [-0.1, -0.05) is 11.6 Å².